The minimum Gasteiger partial charge on any atom is -0.497 e. The molecule has 4 rings (SSSR count). The van der Waals surface area contributed by atoms with Crippen LogP contribution >= 0.6 is 0 Å². The molecule has 2 aromatic carbocycles. The summed E-state index contributed by atoms with van der Waals surface area (Å²) in [6.45, 7) is 0. The monoisotopic (exact) mass is 382 g/mol. The fourth-order valence-electron chi connectivity index (χ4n) is 3.47. The van der Waals surface area contributed by atoms with Crippen LogP contribution in [0.2, 0.25) is 0 Å². The molecule has 0 unspecified atom stereocenters. The average molecular weight is 382 g/mol. The molecule has 2 atom stereocenters. The van der Waals surface area contributed by atoms with Crippen LogP contribution in [0.15, 0.2) is 47.6 Å². The number of anilines is 1. The number of hydrogen-bond acceptors (Lipinski definition) is 7. The average Bonchev–Trinajstić information content (AvgIpc) is 3.27. The number of imide groups is 1. The number of hydrogen-bond donors (Lipinski definition) is 0. The van der Waals surface area contributed by atoms with E-state index in [1.54, 1.807) is 49.6 Å². The third kappa shape index (κ3) is 2.57. The molecule has 8 nitrogen and oxygen atoms in total. The van der Waals surface area contributed by atoms with Crippen LogP contribution in [0, 0.1) is 5.92 Å². The van der Waals surface area contributed by atoms with Crippen LogP contribution in [0.1, 0.15) is 5.56 Å². The van der Waals surface area contributed by atoms with Gasteiger partial charge in [0.25, 0.3) is 5.91 Å². The van der Waals surface area contributed by atoms with Crippen molar-refractivity contribution in [1.82, 2.24) is 0 Å². The van der Waals surface area contributed by atoms with Gasteiger partial charge in [0.05, 0.1) is 27.0 Å². The summed E-state index contributed by atoms with van der Waals surface area (Å²) in [5, 5.41) is 4.02. The Kier molecular flexibility index (Phi) is 4.38. The highest BCUT2D eigenvalue weighted by molar-refractivity contribution is 6.32. The second kappa shape index (κ2) is 6.88. The Morgan fingerprint density at radius 2 is 1.68 bits per heavy atom. The normalized spacial score (nSPS) is 20.5. The fourth-order valence-corrected chi connectivity index (χ4v) is 3.47. The maximum Gasteiger partial charge on any atom is 0.278 e. The van der Waals surface area contributed by atoms with E-state index in [0.29, 0.717) is 34.2 Å². The van der Waals surface area contributed by atoms with Crippen LogP contribution in [0.25, 0.3) is 0 Å². The molecule has 0 N–H and O–H groups in total. The van der Waals surface area contributed by atoms with Gasteiger partial charge >= 0.3 is 0 Å². The number of oxime groups is 1. The van der Waals surface area contributed by atoms with Crippen LogP contribution in [-0.2, 0) is 14.4 Å². The lowest BCUT2D eigenvalue weighted by Gasteiger charge is -2.16. The molecule has 2 aliphatic rings. The number of benzene rings is 2. The van der Waals surface area contributed by atoms with E-state index in [2.05, 4.69) is 5.16 Å². The molecule has 2 amide bonds. The van der Waals surface area contributed by atoms with E-state index in [-0.39, 0.29) is 0 Å². The van der Waals surface area contributed by atoms with Crippen LogP contribution in [0.3, 0.4) is 0 Å². The van der Waals surface area contributed by atoms with Gasteiger partial charge in [0.2, 0.25) is 12.0 Å². The molecule has 28 heavy (non-hydrogen) atoms. The van der Waals surface area contributed by atoms with Gasteiger partial charge in [-0.2, -0.15) is 0 Å². The van der Waals surface area contributed by atoms with Crippen molar-refractivity contribution in [3.05, 3.63) is 48.0 Å². The molecule has 144 valence electrons. The van der Waals surface area contributed by atoms with Gasteiger partial charge < -0.3 is 19.0 Å². The fraction of sp³-hybridized carbons (Fsp3) is 0.250. The number of fused-ring (bicyclic) bond motifs is 1. The quantitative estimate of drug-likeness (QED) is 0.736. The zero-order valence-electron chi connectivity index (χ0n) is 15.5. The van der Waals surface area contributed by atoms with Crippen LogP contribution in [0.4, 0.5) is 5.69 Å². The van der Waals surface area contributed by atoms with E-state index in [1.165, 1.54) is 14.2 Å². The topological polar surface area (TPSA) is 86.7 Å². The Labute approximate surface area is 161 Å². The second-order valence-electron chi connectivity index (χ2n) is 6.23. The molecule has 0 radical (unpaired) electrons. The van der Waals surface area contributed by atoms with Crippen LogP contribution in [0.5, 0.6) is 17.2 Å². The van der Waals surface area contributed by atoms with Gasteiger partial charge in [-0.15, -0.1) is 0 Å². The molecule has 0 spiro atoms. The van der Waals surface area contributed by atoms with Gasteiger partial charge in [0, 0.05) is 5.56 Å². The van der Waals surface area contributed by atoms with E-state index in [0.717, 1.165) is 4.90 Å². The molecule has 1 fully saturated rings. The molecule has 0 aliphatic carbocycles. The first-order valence-corrected chi connectivity index (χ1v) is 8.57. The number of methoxy groups -OCH3 is 3. The molecular formula is C20H18N2O6. The summed E-state index contributed by atoms with van der Waals surface area (Å²) in [5.41, 5.74) is 1.34. The van der Waals surface area contributed by atoms with Crippen molar-refractivity contribution in [3.63, 3.8) is 0 Å². The maximum atomic E-state index is 13.1. The van der Waals surface area contributed by atoms with Gasteiger partial charge in [0.1, 0.15) is 17.4 Å². The summed E-state index contributed by atoms with van der Waals surface area (Å²) in [7, 11) is 4.57. The zero-order chi connectivity index (χ0) is 19.8. The predicted octanol–water partition coefficient (Wildman–Crippen LogP) is 2.00. The van der Waals surface area contributed by atoms with E-state index in [1.807, 2.05) is 0 Å². The van der Waals surface area contributed by atoms with Crippen molar-refractivity contribution >= 4 is 23.2 Å². The molecule has 0 aromatic heterocycles. The first-order chi connectivity index (χ1) is 13.6. The summed E-state index contributed by atoms with van der Waals surface area (Å²) in [5.74, 6) is -0.161. The summed E-state index contributed by atoms with van der Waals surface area (Å²) >= 11 is 0. The van der Waals surface area contributed by atoms with Gasteiger partial charge in [-0.05, 0) is 36.4 Å². The standard InChI is InChI=1S/C20H18N2O6/c1-25-12-9-7-11(8-10-12)22-19(23)15-16(21-28-18(15)20(22)24)13-5-4-6-14(26-2)17(13)27-3/h4-10,15,18H,1-3H3/t15-,18+/m1/s1. The molecule has 2 aliphatic heterocycles. The van der Waals surface area contributed by atoms with Crippen LogP contribution < -0.4 is 19.1 Å². The van der Waals surface area contributed by atoms with Gasteiger partial charge in [-0.3, -0.25) is 9.59 Å². The molecule has 1 saturated heterocycles. The highest BCUT2D eigenvalue weighted by Crippen LogP contribution is 2.39. The van der Waals surface area contributed by atoms with Crippen molar-refractivity contribution in [2.24, 2.45) is 11.1 Å². The van der Waals surface area contributed by atoms with Crippen molar-refractivity contribution in [3.8, 4) is 17.2 Å². The molecule has 0 bridgehead atoms. The first kappa shape index (κ1) is 17.8. The Morgan fingerprint density at radius 3 is 2.32 bits per heavy atom. The first-order valence-electron chi connectivity index (χ1n) is 8.57. The number of carbonyl (C=O) groups is 2. The number of carbonyl (C=O) groups excluding carboxylic acids is 2. The highest BCUT2D eigenvalue weighted by Gasteiger charge is 2.56. The lowest BCUT2D eigenvalue weighted by Crippen LogP contribution is -2.33. The van der Waals surface area contributed by atoms with E-state index >= 15 is 0 Å². The summed E-state index contributed by atoms with van der Waals surface area (Å²) in [6, 6.07) is 11.9. The third-order valence-electron chi connectivity index (χ3n) is 4.82. The molecule has 2 aromatic rings. The number of rotatable bonds is 5. The SMILES string of the molecule is COc1ccc(N2C(=O)[C@@H]3C(c4cccc(OC)c4OC)=NO[C@@H]3C2=O)cc1. The van der Waals surface area contributed by atoms with Crippen LogP contribution in [-0.4, -0.2) is 45.0 Å². The number of amides is 2. The Morgan fingerprint density at radius 1 is 0.929 bits per heavy atom. The van der Waals surface area contributed by atoms with Gasteiger partial charge in [0.15, 0.2) is 11.5 Å². The van der Waals surface area contributed by atoms with E-state index in [9.17, 15) is 9.59 Å². The molecule has 2 heterocycles. The zero-order valence-corrected chi connectivity index (χ0v) is 15.5. The summed E-state index contributed by atoms with van der Waals surface area (Å²) < 4.78 is 15.9. The Bertz CT molecular complexity index is 969. The van der Waals surface area contributed by atoms with Gasteiger partial charge in [-0.1, -0.05) is 11.2 Å². The van der Waals surface area contributed by atoms with E-state index < -0.39 is 23.8 Å². The Hall–Kier alpha value is -3.55. The van der Waals surface area contributed by atoms with Crippen molar-refractivity contribution in [1.29, 1.82) is 0 Å². The maximum absolute atomic E-state index is 13.1. The Balaban J connectivity index is 1.71. The van der Waals surface area contributed by atoms with Crippen molar-refractivity contribution in [2.75, 3.05) is 26.2 Å². The lowest BCUT2D eigenvalue weighted by atomic mass is 9.93. The minimum absolute atomic E-state index is 0.343. The molecule has 8 heteroatoms. The largest absolute Gasteiger partial charge is 0.497 e. The van der Waals surface area contributed by atoms with Crippen molar-refractivity contribution in [2.45, 2.75) is 6.10 Å². The van der Waals surface area contributed by atoms with E-state index in [4.69, 9.17) is 19.0 Å². The minimum atomic E-state index is -1.000. The third-order valence-corrected chi connectivity index (χ3v) is 4.82. The number of para-hydroxylation sites is 1. The highest BCUT2D eigenvalue weighted by atomic mass is 16.7. The summed E-state index contributed by atoms with van der Waals surface area (Å²) in [4.78, 5) is 32.4. The number of nitrogens with zero attached hydrogens (tertiary/aromatic N) is 2. The molecular weight excluding hydrogens is 364 g/mol. The summed E-state index contributed by atoms with van der Waals surface area (Å²) in [6.07, 6.45) is -1.000. The smallest absolute Gasteiger partial charge is 0.278 e. The second-order valence-corrected chi connectivity index (χ2v) is 6.23. The lowest BCUT2D eigenvalue weighted by molar-refractivity contribution is -0.126. The molecule has 0 saturated carbocycles. The predicted molar refractivity (Wildman–Crippen MR) is 99.9 cm³/mol. The number of ether oxygens (including phenoxy) is 3. The van der Waals surface area contributed by atoms with Gasteiger partial charge in [-0.25, -0.2) is 4.90 Å². The van der Waals surface area contributed by atoms with Crippen molar-refractivity contribution < 1.29 is 28.6 Å².